The van der Waals surface area contributed by atoms with Crippen molar-refractivity contribution in [3.63, 3.8) is 0 Å². The maximum atomic E-state index is 12.2. The van der Waals surface area contributed by atoms with Crippen LogP contribution in [0.5, 0.6) is 5.75 Å². The van der Waals surface area contributed by atoms with Gasteiger partial charge in [0.25, 0.3) is 0 Å². The molecule has 3 rings (SSSR count). The number of aromatic nitrogens is 4. The molecule has 0 aliphatic rings. The third-order valence-electron chi connectivity index (χ3n) is 4.43. The summed E-state index contributed by atoms with van der Waals surface area (Å²) in [6.07, 6.45) is 3.33. The van der Waals surface area contributed by atoms with Crippen LogP contribution in [0, 0.1) is 12.3 Å². The van der Waals surface area contributed by atoms with Gasteiger partial charge >= 0.3 is 5.69 Å². The number of nitrogens with one attached hydrogen (secondary N) is 1. The van der Waals surface area contributed by atoms with Crippen LogP contribution in [0.3, 0.4) is 0 Å². The van der Waals surface area contributed by atoms with Crippen LogP contribution in [0.15, 0.2) is 59.5 Å². The predicted octanol–water partition coefficient (Wildman–Crippen LogP) is 1.58. The number of ether oxygens (including phenoxy) is 2. The van der Waals surface area contributed by atoms with E-state index in [1.165, 1.54) is 4.68 Å². The molecule has 0 fully saturated rings. The highest BCUT2D eigenvalue weighted by Gasteiger charge is 2.13. The van der Waals surface area contributed by atoms with E-state index in [0.29, 0.717) is 12.3 Å². The standard InChI is InChI=1S/C21H24N6O3/c1-4-29-17-10-8-16(9-11-17)23-13-12-20(22)30-14-18-15(2)6-5-7-19(18)27-21(28)26(3)24-25-27/h5-13,22-23H,4,14H2,1-3H3/p+1. The number of nitrogens with two attached hydrogens (primary N) is 1. The summed E-state index contributed by atoms with van der Waals surface area (Å²) in [5.74, 6) is 0.837. The predicted molar refractivity (Wildman–Crippen MR) is 112 cm³/mol. The molecule has 9 heteroatoms. The van der Waals surface area contributed by atoms with Gasteiger partial charge in [0.05, 0.1) is 18.4 Å². The molecule has 0 amide bonds. The fourth-order valence-corrected chi connectivity index (χ4v) is 2.82. The Hall–Kier alpha value is -3.72. The molecule has 1 heterocycles. The first-order valence-corrected chi connectivity index (χ1v) is 9.53. The average molecular weight is 409 g/mol. The molecule has 156 valence electrons. The lowest BCUT2D eigenvalue weighted by Gasteiger charge is -2.12. The number of nitrogens with zero attached hydrogens (tertiary/aromatic N) is 4. The van der Waals surface area contributed by atoms with Gasteiger partial charge in [0.2, 0.25) is 5.90 Å². The van der Waals surface area contributed by atoms with Crippen LogP contribution in [-0.4, -0.2) is 32.3 Å². The lowest BCUT2D eigenvalue weighted by Crippen LogP contribution is -2.70. The van der Waals surface area contributed by atoms with Gasteiger partial charge in [0.15, 0.2) is 0 Å². The lowest BCUT2D eigenvalue weighted by molar-refractivity contribution is -0.496. The van der Waals surface area contributed by atoms with Gasteiger partial charge in [0.1, 0.15) is 24.2 Å². The first kappa shape index (κ1) is 21.0. The van der Waals surface area contributed by atoms with Crippen molar-refractivity contribution < 1.29 is 14.8 Å². The third-order valence-corrected chi connectivity index (χ3v) is 4.43. The molecule has 0 radical (unpaired) electrons. The summed E-state index contributed by atoms with van der Waals surface area (Å²) in [5.41, 5.74) is 2.94. The third kappa shape index (κ3) is 5.00. The smallest absolute Gasteiger partial charge is 0.368 e. The van der Waals surface area contributed by atoms with E-state index in [4.69, 9.17) is 14.9 Å². The number of aryl methyl sites for hydroxylation is 2. The molecule has 1 aromatic heterocycles. The molecule has 0 atom stereocenters. The highest BCUT2D eigenvalue weighted by molar-refractivity contribution is 5.84. The van der Waals surface area contributed by atoms with Gasteiger partial charge in [-0.1, -0.05) is 12.1 Å². The van der Waals surface area contributed by atoms with Crippen molar-refractivity contribution in [2.75, 3.05) is 6.61 Å². The number of quaternary nitrogens is 1. The average Bonchev–Trinajstić information content (AvgIpc) is 3.07. The summed E-state index contributed by atoms with van der Waals surface area (Å²) in [7, 11) is 1.54. The number of hydrogen-bond donors (Lipinski definition) is 2. The van der Waals surface area contributed by atoms with Gasteiger partial charge in [0, 0.05) is 24.7 Å². The van der Waals surface area contributed by atoms with Crippen LogP contribution < -0.4 is 15.7 Å². The first-order chi connectivity index (χ1) is 14.5. The largest absolute Gasteiger partial charge is 0.494 e. The zero-order valence-corrected chi connectivity index (χ0v) is 17.2. The molecule has 2 aromatic carbocycles. The van der Waals surface area contributed by atoms with E-state index in [2.05, 4.69) is 10.4 Å². The van der Waals surface area contributed by atoms with Crippen molar-refractivity contribution >= 4 is 11.6 Å². The van der Waals surface area contributed by atoms with Crippen LogP contribution in [0.1, 0.15) is 18.1 Å². The summed E-state index contributed by atoms with van der Waals surface area (Å²) in [5, 5.41) is 17.6. The van der Waals surface area contributed by atoms with E-state index in [9.17, 15) is 4.79 Å². The van der Waals surface area contributed by atoms with Gasteiger partial charge in [-0.3, -0.25) is 10.7 Å². The number of rotatable bonds is 8. The summed E-state index contributed by atoms with van der Waals surface area (Å²) < 4.78 is 13.4. The van der Waals surface area contributed by atoms with Gasteiger partial charge in [-0.05, 0) is 48.0 Å². The fraction of sp³-hybridized carbons (Fsp3) is 0.238. The Bertz CT molecular complexity index is 1100. The van der Waals surface area contributed by atoms with Crippen LogP contribution in [0.2, 0.25) is 0 Å². The maximum Gasteiger partial charge on any atom is 0.368 e. The van der Waals surface area contributed by atoms with E-state index in [-0.39, 0.29) is 18.2 Å². The second-order valence-electron chi connectivity index (χ2n) is 6.55. The molecule has 0 spiro atoms. The quantitative estimate of drug-likeness (QED) is 0.333. The molecule has 0 saturated heterocycles. The minimum atomic E-state index is -0.346. The second-order valence-corrected chi connectivity index (χ2v) is 6.55. The molecule has 0 aliphatic heterocycles. The highest BCUT2D eigenvalue weighted by atomic mass is 16.5. The zero-order valence-electron chi connectivity index (χ0n) is 17.2. The van der Waals surface area contributed by atoms with Crippen LogP contribution in [-0.2, 0) is 18.4 Å². The van der Waals surface area contributed by atoms with E-state index in [1.807, 2.05) is 55.6 Å². The summed E-state index contributed by atoms with van der Waals surface area (Å²) >= 11 is 0. The molecular formula is C21H25N6O3+. The van der Waals surface area contributed by atoms with E-state index >= 15 is 0 Å². The van der Waals surface area contributed by atoms with Gasteiger partial charge in [-0.2, -0.15) is 9.36 Å². The fourth-order valence-electron chi connectivity index (χ4n) is 2.82. The Morgan fingerprint density at radius 3 is 2.63 bits per heavy atom. The van der Waals surface area contributed by atoms with Crippen LogP contribution >= 0.6 is 0 Å². The minimum Gasteiger partial charge on any atom is -0.494 e. The summed E-state index contributed by atoms with van der Waals surface area (Å²) in [6, 6.07) is 13.2. The van der Waals surface area contributed by atoms with Crippen molar-refractivity contribution in [1.29, 1.82) is 5.41 Å². The van der Waals surface area contributed by atoms with Crippen molar-refractivity contribution in [2.24, 2.45) is 7.05 Å². The van der Waals surface area contributed by atoms with Crippen LogP contribution in [0.25, 0.3) is 5.69 Å². The van der Waals surface area contributed by atoms with E-state index < -0.39 is 0 Å². The highest BCUT2D eigenvalue weighted by Crippen LogP contribution is 2.18. The lowest BCUT2D eigenvalue weighted by atomic mass is 10.1. The molecule has 9 nitrogen and oxygen atoms in total. The second kappa shape index (κ2) is 9.66. The van der Waals surface area contributed by atoms with Gasteiger partial charge in [-0.25, -0.2) is 4.79 Å². The Kier molecular flexibility index (Phi) is 6.76. The van der Waals surface area contributed by atoms with Crippen molar-refractivity contribution in [1.82, 2.24) is 19.8 Å². The van der Waals surface area contributed by atoms with E-state index in [0.717, 1.165) is 27.2 Å². The number of tetrazole rings is 1. The van der Waals surface area contributed by atoms with E-state index in [1.54, 1.807) is 25.4 Å². The normalized spacial score (nSPS) is 11.0. The summed E-state index contributed by atoms with van der Waals surface area (Å²) in [4.78, 5) is 12.2. The van der Waals surface area contributed by atoms with Crippen molar-refractivity contribution in [3.8, 4) is 11.4 Å². The topological polar surface area (TPSA) is 112 Å². The van der Waals surface area contributed by atoms with Gasteiger partial charge < -0.3 is 9.47 Å². The maximum absolute atomic E-state index is 12.2. The molecule has 0 aliphatic carbocycles. The van der Waals surface area contributed by atoms with Crippen molar-refractivity contribution in [3.05, 3.63) is 76.4 Å². The van der Waals surface area contributed by atoms with Crippen molar-refractivity contribution in [2.45, 2.75) is 20.5 Å². The molecule has 3 aromatic rings. The minimum absolute atomic E-state index is 0.0119. The van der Waals surface area contributed by atoms with Gasteiger partial charge in [-0.15, -0.1) is 0 Å². The Morgan fingerprint density at radius 2 is 1.97 bits per heavy atom. The Labute approximate surface area is 174 Å². The first-order valence-electron chi connectivity index (χ1n) is 9.53. The molecule has 3 N–H and O–H groups in total. The monoisotopic (exact) mass is 409 g/mol. The zero-order chi connectivity index (χ0) is 21.5. The summed E-state index contributed by atoms with van der Waals surface area (Å²) in [6.45, 7) is 4.63. The molecular weight excluding hydrogens is 384 g/mol. The van der Waals surface area contributed by atoms with Crippen LogP contribution in [0.4, 0.5) is 5.69 Å². The number of hydrogen-bond acceptors (Lipinski definition) is 6. The number of benzene rings is 2. The Morgan fingerprint density at radius 1 is 1.20 bits per heavy atom. The molecule has 0 saturated carbocycles. The molecule has 0 bridgehead atoms. The molecule has 0 unspecified atom stereocenters. The molecule has 30 heavy (non-hydrogen) atoms. The SMILES string of the molecule is CCOc1ccc([NH2+]C=CC(=N)OCc2c(C)cccc2-n2nnn(C)c2=O)cc1. The Balaban J connectivity index is 1.63.